The van der Waals surface area contributed by atoms with E-state index in [0.29, 0.717) is 10.6 Å². The molecule has 2 aromatic rings. The number of nitrogens with two attached hydrogens (primary N) is 2. The number of amides is 1. The maximum atomic E-state index is 12.6. The summed E-state index contributed by atoms with van der Waals surface area (Å²) in [4.78, 5) is 15.1. The number of anilines is 1. The Bertz CT molecular complexity index is 656. The fraction of sp³-hybridized carbons (Fsp3) is 0.400. The number of nitrogens with zero attached hydrogens (tertiary/aromatic N) is 1. The summed E-state index contributed by atoms with van der Waals surface area (Å²) in [5.74, 6) is 0.0493. The van der Waals surface area contributed by atoms with Crippen molar-refractivity contribution in [2.24, 2.45) is 5.73 Å². The highest BCUT2D eigenvalue weighted by atomic mass is 32.1. The average molecular weight is 289 g/mol. The van der Waals surface area contributed by atoms with Gasteiger partial charge in [0.05, 0.1) is 5.69 Å². The third-order valence-corrected chi connectivity index (χ3v) is 5.08. The Balaban J connectivity index is 1.93. The van der Waals surface area contributed by atoms with E-state index in [0.717, 1.165) is 41.6 Å². The normalized spacial score (nSPS) is 16.8. The summed E-state index contributed by atoms with van der Waals surface area (Å²) in [7, 11) is 0. The van der Waals surface area contributed by atoms with Gasteiger partial charge in [0.1, 0.15) is 4.88 Å². The van der Waals surface area contributed by atoms with E-state index in [1.54, 1.807) is 0 Å². The van der Waals surface area contributed by atoms with E-state index in [2.05, 4.69) is 0 Å². The summed E-state index contributed by atoms with van der Waals surface area (Å²) in [6.45, 7) is 3.49. The Morgan fingerprint density at radius 2 is 2.05 bits per heavy atom. The lowest BCUT2D eigenvalue weighted by Gasteiger charge is -2.29. The van der Waals surface area contributed by atoms with Crippen molar-refractivity contribution < 1.29 is 4.79 Å². The largest absolute Gasteiger partial charge is 0.397 e. The molecule has 1 fully saturated rings. The van der Waals surface area contributed by atoms with Gasteiger partial charge in [0.15, 0.2) is 0 Å². The van der Waals surface area contributed by atoms with Crippen LogP contribution in [0.25, 0.3) is 10.1 Å². The SMILES string of the molecule is Cc1ccc2sc(C(=O)N3CCC(N)CC3)c(N)c2c1. The highest BCUT2D eigenvalue weighted by Crippen LogP contribution is 2.35. The van der Waals surface area contributed by atoms with Gasteiger partial charge in [0.25, 0.3) is 5.91 Å². The summed E-state index contributed by atoms with van der Waals surface area (Å²) >= 11 is 1.49. The molecule has 106 valence electrons. The summed E-state index contributed by atoms with van der Waals surface area (Å²) in [6, 6.07) is 6.35. The molecule has 1 aliphatic heterocycles. The first-order chi connectivity index (χ1) is 9.56. The Kier molecular flexibility index (Phi) is 3.40. The zero-order chi connectivity index (χ0) is 14.3. The number of carbonyl (C=O) groups excluding carboxylic acids is 1. The highest BCUT2D eigenvalue weighted by Gasteiger charge is 2.25. The number of thiophene rings is 1. The molecule has 5 heteroatoms. The third kappa shape index (κ3) is 2.27. The molecule has 1 aromatic heterocycles. The van der Waals surface area contributed by atoms with E-state index in [-0.39, 0.29) is 11.9 Å². The zero-order valence-electron chi connectivity index (χ0n) is 11.6. The van der Waals surface area contributed by atoms with Gasteiger partial charge in [-0.2, -0.15) is 0 Å². The molecule has 0 bridgehead atoms. The maximum Gasteiger partial charge on any atom is 0.266 e. The predicted molar refractivity (Wildman–Crippen MR) is 84.1 cm³/mol. The molecule has 4 N–H and O–H groups in total. The number of benzene rings is 1. The number of hydrogen-bond donors (Lipinski definition) is 2. The smallest absolute Gasteiger partial charge is 0.266 e. The third-order valence-electron chi connectivity index (χ3n) is 3.90. The number of nitrogen functional groups attached to an aromatic ring is 1. The fourth-order valence-corrected chi connectivity index (χ4v) is 3.71. The minimum atomic E-state index is 0.0493. The van der Waals surface area contributed by atoms with E-state index < -0.39 is 0 Å². The number of piperidine rings is 1. The predicted octanol–water partition coefficient (Wildman–Crippen LogP) is 2.36. The topological polar surface area (TPSA) is 72.3 Å². The lowest BCUT2D eigenvalue weighted by Crippen LogP contribution is -2.42. The molecule has 1 amide bonds. The van der Waals surface area contributed by atoms with E-state index >= 15 is 0 Å². The number of aryl methyl sites for hydroxylation is 1. The van der Waals surface area contributed by atoms with E-state index in [9.17, 15) is 4.79 Å². The number of likely N-dealkylation sites (tertiary alicyclic amines) is 1. The molecule has 2 heterocycles. The average Bonchev–Trinajstić information content (AvgIpc) is 2.76. The van der Waals surface area contributed by atoms with Crippen LogP contribution in [-0.4, -0.2) is 29.9 Å². The van der Waals surface area contributed by atoms with Crippen molar-refractivity contribution in [2.45, 2.75) is 25.8 Å². The van der Waals surface area contributed by atoms with Gasteiger partial charge in [-0.3, -0.25) is 4.79 Å². The van der Waals surface area contributed by atoms with Gasteiger partial charge in [-0.15, -0.1) is 11.3 Å². The molecule has 0 saturated carbocycles. The molecule has 1 saturated heterocycles. The summed E-state index contributed by atoms with van der Waals surface area (Å²) in [5.41, 5.74) is 13.8. The van der Waals surface area contributed by atoms with Crippen molar-refractivity contribution in [2.75, 3.05) is 18.8 Å². The summed E-state index contributed by atoms with van der Waals surface area (Å²) in [5, 5.41) is 0.993. The van der Waals surface area contributed by atoms with Crippen molar-refractivity contribution in [3.63, 3.8) is 0 Å². The Morgan fingerprint density at radius 3 is 2.75 bits per heavy atom. The summed E-state index contributed by atoms with van der Waals surface area (Å²) < 4.78 is 1.07. The molecule has 3 rings (SSSR count). The van der Waals surface area contributed by atoms with Crippen molar-refractivity contribution in [1.29, 1.82) is 0 Å². The molecule has 0 unspecified atom stereocenters. The van der Waals surface area contributed by atoms with Crippen LogP contribution in [-0.2, 0) is 0 Å². The van der Waals surface area contributed by atoms with Gasteiger partial charge in [-0.25, -0.2) is 0 Å². The second-order valence-electron chi connectivity index (χ2n) is 5.47. The van der Waals surface area contributed by atoms with Crippen LogP contribution in [0.4, 0.5) is 5.69 Å². The van der Waals surface area contributed by atoms with Crippen LogP contribution in [0.2, 0.25) is 0 Å². The first-order valence-corrected chi connectivity index (χ1v) is 7.71. The first-order valence-electron chi connectivity index (χ1n) is 6.89. The number of rotatable bonds is 1. The van der Waals surface area contributed by atoms with Crippen LogP contribution >= 0.6 is 11.3 Å². The van der Waals surface area contributed by atoms with Crippen LogP contribution in [0, 0.1) is 6.92 Å². The first kappa shape index (κ1) is 13.4. The Labute approximate surface area is 122 Å². The minimum absolute atomic E-state index is 0.0493. The van der Waals surface area contributed by atoms with E-state index in [1.807, 2.05) is 30.0 Å². The van der Waals surface area contributed by atoms with Crippen molar-refractivity contribution in [3.05, 3.63) is 28.6 Å². The monoisotopic (exact) mass is 289 g/mol. The second-order valence-corrected chi connectivity index (χ2v) is 6.53. The van der Waals surface area contributed by atoms with Gasteiger partial charge >= 0.3 is 0 Å². The molecule has 1 aliphatic rings. The number of hydrogen-bond acceptors (Lipinski definition) is 4. The quantitative estimate of drug-likeness (QED) is 0.846. The second kappa shape index (κ2) is 5.07. The van der Waals surface area contributed by atoms with Gasteiger partial charge in [0, 0.05) is 29.2 Å². The molecular weight excluding hydrogens is 270 g/mol. The van der Waals surface area contributed by atoms with E-state index in [4.69, 9.17) is 11.5 Å². The lowest BCUT2D eigenvalue weighted by atomic mass is 10.1. The zero-order valence-corrected chi connectivity index (χ0v) is 12.4. The van der Waals surface area contributed by atoms with Gasteiger partial charge in [0.2, 0.25) is 0 Å². The molecule has 0 radical (unpaired) electrons. The maximum absolute atomic E-state index is 12.6. The van der Waals surface area contributed by atoms with Crippen LogP contribution in [0.5, 0.6) is 0 Å². The molecule has 0 spiro atoms. The minimum Gasteiger partial charge on any atom is -0.397 e. The van der Waals surface area contributed by atoms with E-state index in [1.165, 1.54) is 11.3 Å². The van der Waals surface area contributed by atoms with Gasteiger partial charge in [-0.05, 0) is 31.9 Å². The van der Waals surface area contributed by atoms with Crippen molar-refractivity contribution in [1.82, 2.24) is 4.90 Å². The lowest BCUT2D eigenvalue weighted by molar-refractivity contribution is 0.0720. The molecule has 4 nitrogen and oxygen atoms in total. The van der Waals surface area contributed by atoms with Gasteiger partial charge < -0.3 is 16.4 Å². The van der Waals surface area contributed by atoms with Crippen LogP contribution in [0.3, 0.4) is 0 Å². The molecule has 0 aliphatic carbocycles. The number of fused-ring (bicyclic) bond motifs is 1. The van der Waals surface area contributed by atoms with Crippen molar-refractivity contribution in [3.8, 4) is 0 Å². The Morgan fingerprint density at radius 1 is 1.35 bits per heavy atom. The fourth-order valence-electron chi connectivity index (χ4n) is 2.64. The van der Waals surface area contributed by atoms with Crippen LogP contribution in [0.15, 0.2) is 18.2 Å². The number of carbonyl (C=O) groups is 1. The Hall–Kier alpha value is -1.59. The standard InChI is InChI=1S/C15H19N3OS/c1-9-2-3-12-11(8-9)13(17)14(20-12)15(19)18-6-4-10(16)5-7-18/h2-3,8,10H,4-7,16-17H2,1H3. The molecular formula is C15H19N3OS. The summed E-state index contributed by atoms with van der Waals surface area (Å²) in [6.07, 6.45) is 1.74. The highest BCUT2D eigenvalue weighted by molar-refractivity contribution is 7.21. The molecule has 0 atom stereocenters. The molecule has 1 aromatic carbocycles. The molecule has 20 heavy (non-hydrogen) atoms. The van der Waals surface area contributed by atoms with Gasteiger partial charge in [-0.1, -0.05) is 11.6 Å². The van der Waals surface area contributed by atoms with Crippen LogP contribution < -0.4 is 11.5 Å². The van der Waals surface area contributed by atoms with Crippen molar-refractivity contribution >= 4 is 33.0 Å². The van der Waals surface area contributed by atoms with Crippen LogP contribution in [0.1, 0.15) is 28.1 Å².